The van der Waals surface area contributed by atoms with Crippen molar-refractivity contribution in [1.82, 2.24) is 0 Å². The summed E-state index contributed by atoms with van der Waals surface area (Å²) in [5, 5.41) is 2.66. The Morgan fingerprint density at radius 1 is 0.737 bits per heavy atom. The van der Waals surface area contributed by atoms with Crippen LogP contribution < -0.4 is 24.8 Å². The first-order valence-corrected chi connectivity index (χ1v) is 5.48. The Bertz CT molecular complexity index is 516. The number of halogens is 2. The number of fused-ring (bicyclic) bond motifs is 1. The van der Waals surface area contributed by atoms with Crippen LogP contribution in [0, 0.1) is 6.92 Å². The summed E-state index contributed by atoms with van der Waals surface area (Å²) in [6.07, 6.45) is 0. The van der Waals surface area contributed by atoms with Crippen molar-refractivity contribution in [3.8, 4) is 0 Å². The second-order valence-electron chi connectivity index (χ2n) is 3.81. The van der Waals surface area contributed by atoms with E-state index in [-0.39, 0.29) is 51.0 Å². The van der Waals surface area contributed by atoms with Gasteiger partial charge in [0.2, 0.25) is 0 Å². The van der Waals surface area contributed by atoms with Crippen molar-refractivity contribution in [2.75, 3.05) is 0 Å². The third kappa shape index (κ3) is 7.01. The molecule has 19 heavy (non-hydrogen) atoms. The van der Waals surface area contributed by atoms with Crippen molar-refractivity contribution in [2.24, 2.45) is 0 Å². The fourth-order valence-electron chi connectivity index (χ4n) is 1.60. The molecule has 0 saturated carbocycles. The van der Waals surface area contributed by atoms with E-state index in [0.29, 0.717) is 0 Å². The minimum Gasteiger partial charge on any atom is -1.00 e. The quantitative estimate of drug-likeness (QED) is 0.426. The van der Waals surface area contributed by atoms with Crippen LogP contribution in [0.15, 0.2) is 72.8 Å². The zero-order valence-electron chi connectivity index (χ0n) is 10.7. The average molecular weight is 369 g/mol. The van der Waals surface area contributed by atoms with Gasteiger partial charge in [0.05, 0.1) is 0 Å². The van der Waals surface area contributed by atoms with E-state index in [4.69, 9.17) is 0 Å². The first-order chi connectivity index (χ1) is 7.86. The molecule has 0 saturated heterocycles. The molecule has 0 bridgehead atoms. The molecule has 0 N–H and O–H groups in total. The summed E-state index contributed by atoms with van der Waals surface area (Å²) in [4.78, 5) is 0. The van der Waals surface area contributed by atoms with E-state index in [1.165, 1.54) is 16.3 Å². The largest absolute Gasteiger partial charge is 3.00 e. The van der Waals surface area contributed by atoms with E-state index < -0.39 is 0 Å². The maximum absolute atomic E-state index is 2.12. The Kier molecular flexibility index (Phi) is 12.4. The third-order valence-electron chi connectivity index (χ3n) is 2.49. The molecular formula is C16H15Cl2Zr. The minimum atomic E-state index is 0. The third-order valence-corrected chi connectivity index (χ3v) is 2.49. The topological polar surface area (TPSA) is 0 Å². The van der Waals surface area contributed by atoms with Crippen molar-refractivity contribution >= 4 is 10.8 Å². The maximum atomic E-state index is 2.12. The predicted octanol–water partition coefficient (Wildman–Crippen LogP) is -1.44. The van der Waals surface area contributed by atoms with Gasteiger partial charge in [-0.25, -0.2) is 0 Å². The van der Waals surface area contributed by atoms with Crippen molar-refractivity contribution < 1.29 is 51.0 Å². The molecule has 0 aromatic heterocycles. The second-order valence-corrected chi connectivity index (χ2v) is 3.81. The molecule has 3 aromatic rings. The molecule has 0 aliphatic rings. The Balaban J connectivity index is 0. The summed E-state index contributed by atoms with van der Waals surface area (Å²) in [5.74, 6) is 0. The van der Waals surface area contributed by atoms with Gasteiger partial charge in [-0.2, -0.15) is 17.5 Å². The minimum absolute atomic E-state index is 0. The summed E-state index contributed by atoms with van der Waals surface area (Å²) in [6.45, 7) is 2.08. The number of rotatable bonds is 0. The summed E-state index contributed by atoms with van der Waals surface area (Å²) >= 11 is 0. The fraction of sp³-hybridized carbons (Fsp3) is 0.0625. The number of benzene rings is 2. The zero-order chi connectivity index (χ0) is 11.2. The molecule has 0 fully saturated rings. The summed E-state index contributed by atoms with van der Waals surface area (Å²) in [6, 6.07) is 24.9. The van der Waals surface area contributed by atoms with Gasteiger partial charge in [0.15, 0.2) is 0 Å². The van der Waals surface area contributed by atoms with Crippen molar-refractivity contribution in [2.45, 2.75) is 6.92 Å². The van der Waals surface area contributed by atoms with Gasteiger partial charge in [-0.05, 0) is 6.92 Å². The summed E-state index contributed by atoms with van der Waals surface area (Å²) in [7, 11) is 0. The van der Waals surface area contributed by atoms with E-state index in [9.17, 15) is 0 Å². The Labute approximate surface area is 146 Å². The standard InChI is InChI=1S/C9H7.C7H8.2ClH.Zr/c1-2-5-9-7-3-6-8(9)4-1;1-7-5-3-2-4-6-7;;;/h1-7H;2-6H,1H3;2*1H;/q-1;;;;+3/p-2. The monoisotopic (exact) mass is 367 g/mol. The normalized spacial score (nSPS) is 8.05. The van der Waals surface area contributed by atoms with Crippen LogP contribution >= 0.6 is 0 Å². The molecule has 97 valence electrons. The Morgan fingerprint density at radius 3 is 1.84 bits per heavy atom. The molecule has 0 aliphatic heterocycles. The van der Waals surface area contributed by atoms with Gasteiger partial charge in [-0.1, -0.05) is 42.0 Å². The van der Waals surface area contributed by atoms with Crippen LogP contribution in [0.25, 0.3) is 10.8 Å². The van der Waals surface area contributed by atoms with Crippen LogP contribution in [0.5, 0.6) is 0 Å². The molecular weight excluding hydrogens is 354 g/mol. The van der Waals surface area contributed by atoms with Crippen molar-refractivity contribution in [1.29, 1.82) is 0 Å². The second kappa shape index (κ2) is 11.3. The van der Waals surface area contributed by atoms with Gasteiger partial charge in [0.1, 0.15) is 0 Å². The molecule has 1 radical (unpaired) electrons. The molecule has 0 spiro atoms. The first-order valence-electron chi connectivity index (χ1n) is 5.48. The van der Waals surface area contributed by atoms with Crippen LogP contribution in [0.4, 0.5) is 0 Å². The summed E-state index contributed by atoms with van der Waals surface area (Å²) < 4.78 is 0. The zero-order valence-corrected chi connectivity index (χ0v) is 14.7. The van der Waals surface area contributed by atoms with Crippen LogP contribution in [0.3, 0.4) is 0 Å². The van der Waals surface area contributed by atoms with Gasteiger partial charge in [-0.15, -0.1) is 29.7 Å². The van der Waals surface area contributed by atoms with Gasteiger partial charge in [-0.3, -0.25) is 0 Å². The van der Waals surface area contributed by atoms with E-state index in [0.717, 1.165) is 0 Å². The van der Waals surface area contributed by atoms with Crippen LogP contribution in [-0.4, -0.2) is 0 Å². The van der Waals surface area contributed by atoms with Gasteiger partial charge >= 0.3 is 26.2 Å². The molecule has 0 heterocycles. The first kappa shape index (κ1) is 20.8. The molecule has 0 amide bonds. The summed E-state index contributed by atoms with van der Waals surface area (Å²) in [5.41, 5.74) is 1.32. The van der Waals surface area contributed by atoms with E-state index in [1.54, 1.807) is 0 Å². The van der Waals surface area contributed by atoms with Crippen molar-refractivity contribution in [3.63, 3.8) is 0 Å². The average Bonchev–Trinajstić information content (AvgIpc) is 2.79. The molecule has 0 nitrogen and oxygen atoms in total. The number of hydrogen-bond donors (Lipinski definition) is 0. The molecule has 3 aromatic carbocycles. The molecule has 0 aliphatic carbocycles. The van der Waals surface area contributed by atoms with Gasteiger partial charge < -0.3 is 24.8 Å². The number of hydrogen-bond acceptors (Lipinski definition) is 0. The number of aryl methyl sites for hydroxylation is 1. The smallest absolute Gasteiger partial charge is 1.00 e. The van der Waals surface area contributed by atoms with Crippen LogP contribution in [0.1, 0.15) is 5.56 Å². The van der Waals surface area contributed by atoms with Crippen LogP contribution in [0.2, 0.25) is 0 Å². The molecule has 3 rings (SSSR count). The molecule has 3 heteroatoms. The van der Waals surface area contributed by atoms with Crippen LogP contribution in [-0.2, 0) is 26.2 Å². The molecule has 0 atom stereocenters. The van der Waals surface area contributed by atoms with Crippen molar-refractivity contribution in [3.05, 3.63) is 78.4 Å². The van der Waals surface area contributed by atoms with E-state index in [2.05, 4.69) is 61.5 Å². The Hall–Kier alpha value is -0.487. The molecule has 0 unspecified atom stereocenters. The fourth-order valence-corrected chi connectivity index (χ4v) is 1.60. The van der Waals surface area contributed by atoms with Gasteiger partial charge in [0.25, 0.3) is 0 Å². The maximum Gasteiger partial charge on any atom is 3.00 e. The van der Waals surface area contributed by atoms with E-state index in [1.807, 2.05) is 18.2 Å². The Morgan fingerprint density at radius 2 is 1.32 bits per heavy atom. The van der Waals surface area contributed by atoms with Gasteiger partial charge in [0, 0.05) is 0 Å². The predicted molar refractivity (Wildman–Crippen MR) is 70.7 cm³/mol. The SMILES string of the molecule is Cc1ccccc1.[Cl-].[Cl-].[Zr+3].c1ccc2[cH-]ccc2c1. The van der Waals surface area contributed by atoms with E-state index >= 15 is 0 Å².